The number of rotatable bonds is 10. The third-order valence-corrected chi connectivity index (χ3v) is 9.51. The van der Waals surface area contributed by atoms with Crippen molar-refractivity contribution in [1.82, 2.24) is 0 Å². The molecule has 3 aliphatic carbocycles. The van der Waals surface area contributed by atoms with Gasteiger partial charge in [-0.25, -0.2) is 4.39 Å². The molecule has 3 fully saturated rings. The Morgan fingerprint density at radius 1 is 0.976 bits per heavy atom. The van der Waals surface area contributed by atoms with Crippen molar-refractivity contribution in [3.63, 3.8) is 0 Å². The van der Waals surface area contributed by atoms with Crippen molar-refractivity contribution in [3.05, 3.63) is 59.4 Å². The van der Waals surface area contributed by atoms with Gasteiger partial charge in [-0.1, -0.05) is 64.3 Å². The summed E-state index contributed by atoms with van der Waals surface area (Å²) in [4.78, 5) is 12.9. The van der Waals surface area contributed by atoms with E-state index in [1.54, 1.807) is 12.1 Å². The minimum atomic E-state index is -0.431. The van der Waals surface area contributed by atoms with Gasteiger partial charge in [0.2, 0.25) is 0 Å². The van der Waals surface area contributed by atoms with Gasteiger partial charge in [-0.3, -0.25) is 4.79 Å². The van der Waals surface area contributed by atoms with Gasteiger partial charge in [0.1, 0.15) is 17.3 Å². The number of allylic oxidation sites excluding steroid dienone is 2. The quantitative estimate of drug-likeness (QED) is 0.294. The largest absolute Gasteiger partial charge is 0.490 e. The second kappa shape index (κ2) is 14.4. The molecule has 0 aromatic heterocycles. The molecule has 3 saturated carbocycles. The van der Waals surface area contributed by atoms with Crippen LogP contribution in [0.2, 0.25) is 0 Å². The number of hydrogen-bond acceptors (Lipinski definition) is 3. The highest BCUT2D eigenvalue weighted by Crippen LogP contribution is 2.45. The topological polar surface area (TPSA) is 50.2 Å². The van der Waals surface area contributed by atoms with E-state index in [1.165, 1.54) is 19.3 Å². The molecule has 222 valence electrons. The summed E-state index contributed by atoms with van der Waals surface area (Å²) in [6, 6.07) is 11.4. The van der Waals surface area contributed by atoms with E-state index in [4.69, 9.17) is 10.1 Å². The average Bonchev–Trinajstić information content (AvgIpc) is 3.42. The summed E-state index contributed by atoms with van der Waals surface area (Å²) in [5, 5.41) is 8.93. The Balaban J connectivity index is 0.000000714. The highest BCUT2D eigenvalue weighted by molar-refractivity contribution is 6.28. The summed E-state index contributed by atoms with van der Waals surface area (Å²) >= 11 is 0. The SMILES string of the molecule is C/C=C(\C(=N)C(C)C(=O)C1CCC1)c1ccc(OC2CCCC2)c(-c2cccc(F)c2C2CCC2)c1.CCC(C)C. The van der Waals surface area contributed by atoms with Crippen LogP contribution in [-0.2, 0) is 4.79 Å². The standard InChI is InChI=1S/C32H38FNO2.C5H12/c1-3-25(31(34)20(2)32(35)22-11-7-12-22)23-17-18-29(36-24-13-4-5-14-24)27(19-23)26-15-8-16-28(33)30(26)21-9-6-10-21;1-4-5(2)3/h3,8,15-22,24,34H,4-7,9-14H2,1-2H3;5H,4H2,1-3H3/b25-3-,34-31?;. The number of ether oxygens (including phenoxy) is 1. The molecule has 1 N–H and O–H groups in total. The number of carbonyl (C=O) groups is 1. The molecule has 0 aliphatic heterocycles. The van der Waals surface area contributed by atoms with Crippen LogP contribution in [0.25, 0.3) is 16.7 Å². The van der Waals surface area contributed by atoms with Gasteiger partial charge in [0.15, 0.2) is 0 Å². The number of halogens is 1. The van der Waals surface area contributed by atoms with E-state index in [1.807, 2.05) is 38.1 Å². The number of nitrogens with one attached hydrogen (secondary N) is 1. The molecule has 5 rings (SSSR count). The third-order valence-electron chi connectivity index (χ3n) is 9.51. The molecule has 0 amide bonds. The number of hydrogen-bond donors (Lipinski definition) is 1. The van der Waals surface area contributed by atoms with Crippen molar-refractivity contribution in [2.45, 2.75) is 117 Å². The molecule has 4 heteroatoms. The van der Waals surface area contributed by atoms with Crippen molar-refractivity contribution in [2.24, 2.45) is 17.8 Å². The van der Waals surface area contributed by atoms with Crippen LogP contribution in [0.4, 0.5) is 4.39 Å². The zero-order valence-electron chi connectivity index (χ0n) is 25.9. The monoisotopic (exact) mass is 559 g/mol. The zero-order chi connectivity index (χ0) is 29.5. The van der Waals surface area contributed by atoms with Crippen LogP contribution >= 0.6 is 0 Å². The van der Waals surface area contributed by atoms with E-state index in [-0.39, 0.29) is 29.5 Å². The smallest absolute Gasteiger partial charge is 0.144 e. The van der Waals surface area contributed by atoms with E-state index in [0.29, 0.717) is 5.71 Å². The van der Waals surface area contributed by atoms with Crippen molar-refractivity contribution >= 4 is 17.1 Å². The molecular formula is C37H50FNO2. The predicted molar refractivity (Wildman–Crippen MR) is 169 cm³/mol. The minimum absolute atomic E-state index is 0.105. The summed E-state index contributed by atoms with van der Waals surface area (Å²) in [5.41, 5.74) is 4.60. The summed E-state index contributed by atoms with van der Waals surface area (Å²) in [7, 11) is 0. The summed E-state index contributed by atoms with van der Waals surface area (Å²) in [6.45, 7) is 10.4. The van der Waals surface area contributed by atoms with Crippen LogP contribution < -0.4 is 4.74 Å². The van der Waals surface area contributed by atoms with Crippen LogP contribution in [-0.4, -0.2) is 17.6 Å². The number of Topliss-reactive ketones (excluding diaryl/α,β-unsaturated/α-hetero) is 1. The van der Waals surface area contributed by atoms with E-state index in [0.717, 1.165) is 90.9 Å². The molecule has 2 aromatic rings. The average molecular weight is 560 g/mol. The number of carbonyl (C=O) groups excluding carboxylic acids is 1. The molecule has 3 nitrogen and oxygen atoms in total. The van der Waals surface area contributed by atoms with E-state index < -0.39 is 5.92 Å². The molecule has 0 spiro atoms. The second-order valence-electron chi connectivity index (χ2n) is 12.7. The fourth-order valence-corrected chi connectivity index (χ4v) is 5.98. The van der Waals surface area contributed by atoms with Gasteiger partial charge < -0.3 is 10.1 Å². The Labute approximate surface area is 247 Å². The van der Waals surface area contributed by atoms with Crippen molar-refractivity contribution < 1.29 is 13.9 Å². The lowest BCUT2D eigenvalue weighted by molar-refractivity contribution is -0.126. The number of benzene rings is 2. The van der Waals surface area contributed by atoms with Gasteiger partial charge in [0.05, 0.1) is 12.0 Å². The Morgan fingerprint density at radius 3 is 2.17 bits per heavy atom. The lowest BCUT2D eigenvalue weighted by atomic mass is 9.75. The first kappa shape index (κ1) is 31.2. The summed E-state index contributed by atoms with van der Waals surface area (Å²) in [5.74, 6) is 1.63. The van der Waals surface area contributed by atoms with Gasteiger partial charge in [-0.05, 0) is 118 Å². The molecule has 0 radical (unpaired) electrons. The molecule has 2 aromatic carbocycles. The van der Waals surface area contributed by atoms with Crippen LogP contribution in [0, 0.1) is 29.0 Å². The Hall–Kier alpha value is -2.75. The normalized spacial score (nSPS) is 18.8. The summed E-state index contributed by atoms with van der Waals surface area (Å²) < 4.78 is 21.7. The molecule has 1 unspecified atom stereocenters. The molecule has 0 heterocycles. The Bertz CT molecular complexity index is 1230. The minimum Gasteiger partial charge on any atom is -0.490 e. The highest BCUT2D eigenvalue weighted by atomic mass is 19.1. The first-order valence-corrected chi connectivity index (χ1v) is 16.1. The van der Waals surface area contributed by atoms with Crippen LogP contribution in [0.3, 0.4) is 0 Å². The molecule has 0 saturated heterocycles. The molecule has 3 aliphatic rings. The van der Waals surface area contributed by atoms with E-state index in [2.05, 4.69) is 26.8 Å². The Morgan fingerprint density at radius 2 is 1.63 bits per heavy atom. The van der Waals surface area contributed by atoms with E-state index >= 15 is 4.39 Å². The zero-order valence-corrected chi connectivity index (χ0v) is 25.9. The van der Waals surface area contributed by atoms with Gasteiger partial charge in [0.25, 0.3) is 0 Å². The van der Waals surface area contributed by atoms with Crippen LogP contribution in [0.1, 0.15) is 122 Å². The van der Waals surface area contributed by atoms with Gasteiger partial charge in [-0.2, -0.15) is 0 Å². The first-order chi connectivity index (χ1) is 19.7. The maximum atomic E-state index is 15.2. The Kier molecular flexibility index (Phi) is 11.0. The van der Waals surface area contributed by atoms with Crippen LogP contribution in [0.15, 0.2) is 42.5 Å². The van der Waals surface area contributed by atoms with Crippen molar-refractivity contribution in [2.75, 3.05) is 0 Å². The highest BCUT2D eigenvalue weighted by Gasteiger charge is 2.32. The third kappa shape index (κ3) is 7.37. The van der Waals surface area contributed by atoms with Gasteiger partial charge in [0, 0.05) is 17.2 Å². The molecular weight excluding hydrogens is 509 g/mol. The van der Waals surface area contributed by atoms with E-state index in [9.17, 15) is 4.79 Å². The lowest BCUT2D eigenvalue weighted by Gasteiger charge is -2.29. The molecule has 1 atom stereocenters. The molecule has 0 bridgehead atoms. The lowest BCUT2D eigenvalue weighted by Crippen LogP contribution is -2.31. The maximum absolute atomic E-state index is 15.2. The number of ketones is 1. The fraction of sp³-hybridized carbons (Fsp3) is 0.568. The van der Waals surface area contributed by atoms with Crippen molar-refractivity contribution in [3.8, 4) is 16.9 Å². The molecule has 41 heavy (non-hydrogen) atoms. The van der Waals surface area contributed by atoms with Gasteiger partial charge >= 0.3 is 0 Å². The van der Waals surface area contributed by atoms with Gasteiger partial charge in [-0.15, -0.1) is 0 Å². The van der Waals surface area contributed by atoms with Crippen LogP contribution in [0.5, 0.6) is 5.75 Å². The maximum Gasteiger partial charge on any atom is 0.144 e. The predicted octanol–water partition coefficient (Wildman–Crippen LogP) is 10.6. The van der Waals surface area contributed by atoms with Crippen molar-refractivity contribution in [1.29, 1.82) is 5.41 Å². The summed E-state index contributed by atoms with van der Waals surface area (Å²) in [6.07, 6.45) is 14.0. The second-order valence-corrected chi connectivity index (χ2v) is 12.7. The fourth-order valence-electron chi connectivity index (χ4n) is 5.98. The first-order valence-electron chi connectivity index (χ1n) is 16.1.